The first-order valence-electron chi connectivity index (χ1n) is 9.25. The number of amides is 1. The van der Waals surface area contributed by atoms with E-state index >= 15 is 0 Å². The van der Waals surface area contributed by atoms with Crippen LogP contribution in [-0.4, -0.2) is 29.5 Å². The van der Waals surface area contributed by atoms with E-state index in [0.717, 1.165) is 5.56 Å². The van der Waals surface area contributed by atoms with E-state index in [4.69, 9.17) is 11.6 Å². The number of hydrogen-bond donors (Lipinski definition) is 1. The van der Waals surface area contributed by atoms with Crippen molar-refractivity contribution >= 4 is 38.8 Å². The van der Waals surface area contributed by atoms with Crippen LogP contribution < -0.4 is 5.32 Å². The summed E-state index contributed by atoms with van der Waals surface area (Å²) in [7, 11) is -3.60. The van der Waals surface area contributed by atoms with Gasteiger partial charge in [-0.2, -0.15) is 0 Å². The van der Waals surface area contributed by atoms with Crippen LogP contribution in [0.5, 0.6) is 0 Å². The van der Waals surface area contributed by atoms with Crippen LogP contribution in [0.15, 0.2) is 83.9 Å². The molecule has 2 heterocycles. The Morgan fingerprint density at radius 1 is 0.967 bits per heavy atom. The summed E-state index contributed by atoms with van der Waals surface area (Å²) in [5.74, 6) is -0.209. The van der Waals surface area contributed by atoms with E-state index in [0.29, 0.717) is 22.2 Å². The van der Waals surface area contributed by atoms with E-state index in [1.54, 1.807) is 10.6 Å². The number of aromatic nitrogens is 2. The molecule has 4 aromatic rings. The van der Waals surface area contributed by atoms with Crippen LogP contribution in [0, 0.1) is 0 Å². The van der Waals surface area contributed by atoms with E-state index in [9.17, 15) is 13.2 Å². The minimum absolute atomic E-state index is 0.138. The smallest absolute Gasteiger partial charge is 0.226 e. The van der Waals surface area contributed by atoms with Gasteiger partial charge in [-0.05, 0) is 36.4 Å². The quantitative estimate of drug-likeness (QED) is 0.481. The van der Waals surface area contributed by atoms with Gasteiger partial charge < -0.3 is 5.32 Å². The predicted octanol–water partition coefficient (Wildman–Crippen LogP) is 4.46. The van der Waals surface area contributed by atoms with Gasteiger partial charge in [0, 0.05) is 23.2 Å². The van der Waals surface area contributed by atoms with E-state index in [1.807, 2.05) is 48.5 Å². The maximum Gasteiger partial charge on any atom is 0.226 e. The van der Waals surface area contributed by atoms with Crippen molar-refractivity contribution in [2.24, 2.45) is 0 Å². The molecule has 0 saturated carbocycles. The van der Waals surface area contributed by atoms with Crippen LogP contribution in [0.4, 0.5) is 5.82 Å². The van der Waals surface area contributed by atoms with Crippen LogP contribution in [0.2, 0.25) is 5.02 Å². The van der Waals surface area contributed by atoms with E-state index in [1.165, 1.54) is 24.3 Å². The summed E-state index contributed by atoms with van der Waals surface area (Å²) < 4.78 is 26.8. The zero-order chi connectivity index (χ0) is 21.1. The van der Waals surface area contributed by atoms with Crippen LogP contribution >= 0.6 is 11.6 Å². The third kappa shape index (κ3) is 4.22. The highest BCUT2D eigenvalue weighted by molar-refractivity contribution is 7.91. The molecule has 0 unspecified atom stereocenters. The first kappa shape index (κ1) is 20.1. The molecule has 0 atom stereocenters. The number of hydrogen-bond acceptors (Lipinski definition) is 4. The van der Waals surface area contributed by atoms with E-state index in [-0.39, 0.29) is 17.1 Å². The lowest BCUT2D eigenvalue weighted by Gasteiger charge is -2.09. The number of carbonyl (C=O) groups excluding carboxylic acids is 1. The number of carbonyl (C=O) groups is 1. The number of halogens is 1. The maximum atomic E-state index is 12.6. The summed E-state index contributed by atoms with van der Waals surface area (Å²) in [5.41, 5.74) is 2.15. The average Bonchev–Trinajstić information content (AvgIpc) is 3.12. The van der Waals surface area contributed by atoms with Crippen molar-refractivity contribution in [1.29, 1.82) is 0 Å². The molecule has 0 fully saturated rings. The molecule has 0 aliphatic rings. The van der Waals surface area contributed by atoms with E-state index in [2.05, 4.69) is 10.3 Å². The molecule has 6 nitrogen and oxygen atoms in total. The molecule has 1 N–H and O–H groups in total. The number of fused-ring (bicyclic) bond motifs is 1. The fourth-order valence-corrected chi connectivity index (χ4v) is 4.46. The lowest BCUT2D eigenvalue weighted by Crippen LogP contribution is -2.18. The first-order valence-corrected chi connectivity index (χ1v) is 11.3. The van der Waals surface area contributed by atoms with Crippen molar-refractivity contribution < 1.29 is 13.2 Å². The standard InChI is InChI=1S/C22H18ClN3O3S/c23-17-9-11-18(12-10-17)30(28,29)15-13-20(27)25-22-21(16-6-2-1-3-7-16)24-19-8-4-5-14-26(19)22/h1-12,14H,13,15H2,(H,25,27). The topological polar surface area (TPSA) is 80.5 Å². The van der Waals surface area contributed by atoms with Gasteiger partial charge in [-0.1, -0.05) is 48.0 Å². The van der Waals surface area contributed by atoms with Gasteiger partial charge in [0.1, 0.15) is 17.2 Å². The third-order valence-corrected chi connectivity index (χ3v) is 6.59. The SMILES string of the molecule is O=C(CCS(=O)(=O)c1ccc(Cl)cc1)Nc1c(-c2ccccc2)nc2ccccn12. The minimum Gasteiger partial charge on any atom is -0.310 e. The summed E-state index contributed by atoms with van der Waals surface area (Å²) in [5, 5.41) is 3.29. The Balaban J connectivity index is 1.57. The van der Waals surface area contributed by atoms with Crippen molar-refractivity contribution in [2.45, 2.75) is 11.3 Å². The number of pyridine rings is 1. The lowest BCUT2D eigenvalue weighted by molar-refractivity contribution is -0.115. The highest BCUT2D eigenvalue weighted by atomic mass is 35.5. The van der Waals surface area contributed by atoms with Gasteiger partial charge in [0.25, 0.3) is 0 Å². The summed E-state index contributed by atoms with van der Waals surface area (Å²) in [6.07, 6.45) is 1.62. The number of imidazole rings is 1. The normalized spacial score (nSPS) is 11.5. The molecule has 2 aromatic carbocycles. The lowest BCUT2D eigenvalue weighted by atomic mass is 10.1. The molecule has 0 aliphatic heterocycles. The molecular formula is C22H18ClN3O3S. The third-order valence-electron chi connectivity index (χ3n) is 4.61. The Hall–Kier alpha value is -3.16. The number of nitrogens with one attached hydrogen (secondary N) is 1. The zero-order valence-electron chi connectivity index (χ0n) is 15.8. The van der Waals surface area contributed by atoms with Crippen molar-refractivity contribution in [3.8, 4) is 11.3 Å². The highest BCUT2D eigenvalue weighted by Crippen LogP contribution is 2.28. The number of nitrogens with zero attached hydrogens (tertiary/aromatic N) is 2. The fourth-order valence-electron chi connectivity index (χ4n) is 3.09. The first-order chi connectivity index (χ1) is 14.4. The number of rotatable bonds is 6. The van der Waals surface area contributed by atoms with Crippen LogP contribution in [-0.2, 0) is 14.6 Å². The van der Waals surface area contributed by atoms with Crippen molar-refractivity contribution in [1.82, 2.24) is 9.38 Å². The van der Waals surface area contributed by atoms with Gasteiger partial charge in [-0.3, -0.25) is 9.20 Å². The number of benzene rings is 2. The summed E-state index contributed by atoms with van der Waals surface area (Å²) in [6, 6.07) is 20.9. The molecule has 2 aromatic heterocycles. The fraction of sp³-hybridized carbons (Fsp3) is 0.0909. The molecule has 0 aliphatic carbocycles. The van der Waals surface area contributed by atoms with Crippen LogP contribution in [0.1, 0.15) is 6.42 Å². The molecule has 0 spiro atoms. The van der Waals surface area contributed by atoms with E-state index < -0.39 is 15.7 Å². The van der Waals surface area contributed by atoms with Crippen molar-refractivity contribution in [3.63, 3.8) is 0 Å². The summed E-state index contributed by atoms with van der Waals surface area (Å²) >= 11 is 5.81. The largest absolute Gasteiger partial charge is 0.310 e. The molecule has 4 rings (SSSR count). The molecule has 8 heteroatoms. The maximum absolute atomic E-state index is 12.6. The van der Waals surface area contributed by atoms with Gasteiger partial charge in [0.05, 0.1) is 10.6 Å². The second-order valence-corrected chi connectivity index (χ2v) is 9.22. The minimum atomic E-state index is -3.60. The summed E-state index contributed by atoms with van der Waals surface area (Å²) in [4.78, 5) is 17.4. The van der Waals surface area contributed by atoms with Crippen LogP contribution in [0.25, 0.3) is 16.9 Å². The highest BCUT2D eigenvalue weighted by Gasteiger charge is 2.19. The molecule has 30 heavy (non-hydrogen) atoms. The Labute approximate surface area is 179 Å². The van der Waals surface area contributed by atoms with Gasteiger partial charge in [0.2, 0.25) is 5.91 Å². The van der Waals surface area contributed by atoms with Crippen LogP contribution in [0.3, 0.4) is 0 Å². The average molecular weight is 440 g/mol. The predicted molar refractivity (Wildman–Crippen MR) is 117 cm³/mol. The molecule has 0 saturated heterocycles. The van der Waals surface area contributed by atoms with Gasteiger partial charge in [-0.15, -0.1) is 0 Å². The zero-order valence-corrected chi connectivity index (χ0v) is 17.4. The summed E-state index contributed by atoms with van der Waals surface area (Å²) in [6.45, 7) is 0. The van der Waals surface area contributed by atoms with Crippen molar-refractivity contribution in [3.05, 3.63) is 84.0 Å². The monoisotopic (exact) mass is 439 g/mol. The molecule has 152 valence electrons. The second-order valence-electron chi connectivity index (χ2n) is 6.67. The number of sulfone groups is 1. The Kier molecular flexibility index (Phi) is 5.57. The number of anilines is 1. The van der Waals surface area contributed by atoms with Gasteiger partial charge in [0.15, 0.2) is 9.84 Å². The Bertz CT molecular complexity index is 1300. The molecular weight excluding hydrogens is 422 g/mol. The molecule has 1 amide bonds. The van der Waals surface area contributed by atoms with Gasteiger partial charge in [-0.25, -0.2) is 13.4 Å². The van der Waals surface area contributed by atoms with Gasteiger partial charge >= 0.3 is 0 Å². The molecule has 0 bridgehead atoms. The second kappa shape index (κ2) is 8.30. The molecule has 0 radical (unpaired) electrons. The Morgan fingerprint density at radius 3 is 2.40 bits per heavy atom. The Morgan fingerprint density at radius 2 is 1.67 bits per heavy atom. The van der Waals surface area contributed by atoms with Crippen molar-refractivity contribution in [2.75, 3.05) is 11.1 Å².